The third kappa shape index (κ3) is 5.38. The summed E-state index contributed by atoms with van der Waals surface area (Å²) in [5, 5.41) is 12.5. The third-order valence-corrected chi connectivity index (χ3v) is 4.29. The number of likely N-dealkylation sites (tertiary alicyclic amines) is 1. The van der Waals surface area contributed by atoms with Crippen LogP contribution in [0.15, 0.2) is 24.3 Å². The van der Waals surface area contributed by atoms with Gasteiger partial charge in [0.15, 0.2) is 0 Å². The van der Waals surface area contributed by atoms with Gasteiger partial charge >= 0.3 is 0 Å². The highest BCUT2D eigenvalue weighted by Crippen LogP contribution is 2.19. The number of piperidine rings is 1. The van der Waals surface area contributed by atoms with E-state index in [0.717, 1.165) is 18.0 Å². The van der Waals surface area contributed by atoms with Crippen molar-refractivity contribution < 1.29 is 9.84 Å². The lowest BCUT2D eigenvalue weighted by atomic mass is 10.0. The molecule has 2 atom stereocenters. The summed E-state index contributed by atoms with van der Waals surface area (Å²) in [5.74, 6) is 1.13. The number of aliphatic hydroxyl groups excluding tert-OH is 1. The Balaban J connectivity index is 1.76. The van der Waals surface area contributed by atoms with Gasteiger partial charge in [-0.1, -0.05) is 6.42 Å². The maximum Gasteiger partial charge on any atom is 0.119 e. The molecule has 5 heteroatoms. The van der Waals surface area contributed by atoms with E-state index in [0.29, 0.717) is 12.6 Å². The second kappa shape index (κ2) is 8.47. The first-order chi connectivity index (χ1) is 10.2. The van der Waals surface area contributed by atoms with E-state index in [4.69, 9.17) is 16.3 Å². The summed E-state index contributed by atoms with van der Waals surface area (Å²) in [7, 11) is 2.17. The SMILES string of the molecule is CN1CCCCC1COc1ccc(NCC(O)CCl)cc1. The van der Waals surface area contributed by atoms with Crippen molar-refractivity contribution in [3.63, 3.8) is 0 Å². The first kappa shape index (κ1) is 16.4. The summed E-state index contributed by atoms with van der Waals surface area (Å²) >= 11 is 5.56. The molecule has 0 saturated carbocycles. The van der Waals surface area contributed by atoms with E-state index < -0.39 is 6.10 Å². The Bertz CT molecular complexity index is 413. The molecule has 0 aliphatic carbocycles. The highest BCUT2D eigenvalue weighted by molar-refractivity contribution is 6.18. The lowest BCUT2D eigenvalue weighted by molar-refractivity contribution is 0.125. The zero-order valence-corrected chi connectivity index (χ0v) is 13.4. The van der Waals surface area contributed by atoms with Gasteiger partial charge < -0.3 is 20.1 Å². The Hall–Kier alpha value is -0.970. The molecule has 118 valence electrons. The average molecular weight is 313 g/mol. The normalized spacial score (nSPS) is 21.0. The van der Waals surface area contributed by atoms with E-state index >= 15 is 0 Å². The molecular formula is C16H25ClN2O2. The van der Waals surface area contributed by atoms with Crippen molar-refractivity contribution in [1.29, 1.82) is 0 Å². The molecule has 1 aromatic rings. The van der Waals surface area contributed by atoms with Crippen LogP contribution in [0.3, 0.4) is 0 Å². The number of likely N-dealkylation sites (N-methyl/N-ethyl adjacent to an activating group) is 1. The minimum atomic E-state index is -0.524. The van der Waals surface area contributed by atoms with E-state index in [1.807, 2.05) is 24.3 Å². The van der Waals surface area contributed by atoms with E-state index in [-0.39, 0.29) is 5.88 Å². The van der Waals surface area contributed by atoms with Crippen LogP contribution >= 0.6 is 11.6 Å². The van der Waals surface area contributed by atoms with Crippen molar-refractivity contribution in [2.75, 3.05) is 37.9 Å². The molecule has 1 aliphatic rings. The van der Waals surface area contributed by atoms with Crippen molar-refractivity contribution in [3.8, 4) is 5.75 Å². The Labute approximate surface area is 132 Å². The fourth-order valence-corrected chi connectivity index (χ4v) is 2.62. The number of anilines is 1. The maximum atomic E-state index is 9.40. The van der Waals surface area contributed by atoms with Crippen LogP contribution in [-0.4, -0.2) is 54.8 Å². The van der Waals surface area contributed by atoms with Gasteiger partial charge in [0, 0.05) is 18.3 Å². The monoisotopic (exact) mass is 312 g/mol. The minimum Gasteiger partial charge on any atom is -0.492 e. The van der Waals surface area contributed by atoms with Crippen LogP contribution in [0.5, 0.6) is 5.75 Å². The van der Waals surface area contributed by atoms with Gasteiger partial charge in [0.05, 0.1) is 12.0 Å². The lowest BCUT2D eigenvalue weighted by Crippen LogP contribution is -2.40. The van der Waals surface area contributed by atoms with Crippen molar-refractivity contribution in [2.24, 2.45) is 0 Å². The molecule has 1 fully saturated rings. The van der Waals surface area contributed by atoms with Gasteiger partial charge in [0.25, 0.3) is 0 Å². The molecule has 0 radical (unpaired) electrons. The number of nitrogens with one attached hydrogen (secondary N) is 1. The Kier molecular flexibility index (Phi) is 6.61. The molecule has 2 rings (SSSR count). The zero-order valence-electron chi connectivity index (χ0n) is 12.6. The molecular weight excluding hydrogens is 288 g/mol. The minimum absolute atomic E-state index is 0.239. The zero-order chi connectivity index (χ0) is 15.1. The van der Waals surface area contributed by atoms with Gasteiger partial charge in [-0.3, -0.25) is 0 Å². The van der Waals surface area contributed by atoms with Gasteiger partial charge in [0.1, 0.15) is 12.4 Å². The predicted molar refractivity (Wildman–Crippen MR) is 87.4 cm³/mol. The number of benzene rings is 1. The summed E-state index contributed by atoms with van der Waals surface area (Å²) in [5.41, 5.74) is 0.960. The molecule has 0 bridgehead atoms. The van der Waals surface area contributed by atoms with Crippen molar-refractivity contribution in [1.82, 2.24) is 4.90 Å². The maximum absolute atomic E-state index is 9.40. The van der Waals surface area contributed by atoms with E-state index in [2.05, 4.69) is 17.3 Å². The molecule has 0 spiro atoms. The molecule has 1 aliphatic heterocycles. The first-order valence-electron chi connectivity index (χ1n) is 7.60. The van der Waals surface area contributed by atoms with Crippen LogP contribution in [0, 0.1) is 0 Å². The lowest BCUT2D eigenvalue weighted by Gasteiger charge is -2.32. The second-order valence-corrected chi connectivity index (χ2v) is 5.96. The van der Waals surface area contributed by atoms with E-state index in [9.17, 15) is 5.11 Å². The molecule has 4 nitrogen and oxygen atoms in total. The third-order valence-electron chi connectivity index (χ3n) is 3.94. The summed E-state index contributed by atoms with van der Waals surface area (Å²) in [6.07, 6.45) is 3.28. The van der Waals surface area contributed by atoms with Crippen LogP contribution in [0.2, 0.25) is 0 Å². The van der Waals surface area contributed by atoms with Crippen LogP contribution in [-0.2, 0) is 0 Å². The first-order valence-corrected chi connectivity index (χ1v) is 8.13. The predicted octanol–water partition coefficient (Wildman–Crippen LogP) is 2.56. The molecule has 1 saturated heterocycles. The summed E-state index contributed by atoms with van der Waals surface area (Å²) in [6, 6.07) is 8.36. The largest absolute Gasteiger partial charge is 0.492 e. The molecule has 1 heterocycles. The molecule has 0 aromatic heterocycles. The van der Waals surface area contributed by atoms with Crippen LogP contribution < -0.4 is 10.1 Å². The number of aliphatic hydroxyl groups is 1. The van der Waals surface area contributed by atoms with Gasteiger partial charge in [0.2, 0.25) is 0 Å². The quantitative estimate of drug-likeness (QED) is 0.760. The molecule has 21 heavy (non-hydrogen) atoms. The van der Waals surface area contributed by atoms with Crippen molar-refractivity contribution >= 4 is 17.3 Å². The highest BCUT2D eigenvalue weighted by atomic mass is 35.5. The van der Waals surface area contributed by atoms with Crippen molar-refractivity contribution in [3.05, 3.63) is 24.3 Å². The van der Waals surface area contributed by atoms with Gasteiger partial charge in [-0.2, -0.15) is 0 Å². The highest BCUT2D eigenvalue weighted by Gasteiger charge is 2.19. The topological polar surface area (TPSA) is 44.7 Å². The van der Waals surface area contributed by atoms with Crippen molar-refractivity contribution in [2.45, 2.75) is 31.4 Å². The molecule has 1 aromatic carbocycles. The summed E-state index contributed by atoms with van der Waals surface area (Å²) < 4.78 is 5.88. The average Bonchev–Trinajstić information content (AvgIpc) is 2.53. The van der Waals surface area contributed by atoms with Gasteiger partial charge in [-0.25, -0.2) is 0 Å². The number of hydrogen-bond acceptors (Lipinski definition) is 4. The Morgan fingerprint density at radius 1 is 1.38 bits per heavy atom. The fraction of sp³-hybridized carbons (Fsp3) is 0.625. The van der Waals surface area contributed by atoms with Gasteiger partial charge in [-0.05, 0) is 50.7 Å². The molecule has 0 amide bonds. The number of rotatable bonds is 7. The molecule has 2 N–H and O–H groups in total. The smallest absolute Gasteiger partial charge is 0.119 e. The number of ether oxygens (including phenoxy) is 1. The van der Waals surface area contributed by atoms with Crippen LogP contribution in [0.4, 0.5) is 5.69 Å². The fourth-order valence-electron chi connectivity index (χ4n) is 2.51. The van der Waals surface area contributed by atoms with E-state index in [1.165, 1.54) is 25.8 Å². The Morgan fingerprint density at radius 2 is 2.14 bits per heavy atom. The Morgan fingerprint density at radius 3 is 2.81 bits per heavy atom. The number of halogens is 1. The van der Waals surface area contributed by atoms with Crippen LogP contribution in [0.25, 0.3) is 0 Å². The summed E-state index contributed by atoms with van der Waals surface area (Å²) in [6.45, 7) is 2.37. The second-order valence-electron chi connectivity index (χ2n) is 5.65. The summed E-state index contributed by atoms with van der Waals surface area (Å²) in [4.78, 5) is 2.38. The standard InChI is InChI=1S/C16H25ClN2O2/c1-19-9-3-2-4-14(19)12-21-16-7-5-13(6-8-16)18-11-15(20)10-17/h5-8,14-15,18,20H,2-4,9-12H2,1H3. The number of hydrogen-bond donors (Lipinski definition) is 2. The number of nitrogens with zero attached hydrogens (tertiary/aromatic N) is 1. The van der Waals surface area contributed by atoms with Gasteiger partial charge in [-0.15, -0.1) is 11.6 Å². The number of alkyl halides is 1. The van der Waals surface area contributed by atoms with Crippen LogP contribution in [0.1, 0.15) is 19.3 Å². The van der Waals surface area contributed by atoms with E-state index in [1.54, 1.807) is 0 Å². The molecule has 2 unspecified atom stereocenters.